The Hall–Kier alpha value is -2.75. The summed E-state index contributed by atoms with van der Waals surface area (Å²) in [4.78, 5) is 3.95. The van der Waals surface area contributed by atoms with E-state index in [9.17, 15) is 5.11 Å². The van der Waals surface area contributed by atoms with Gasteiger partial charge in [0.15, 0.2) is 5.75 Å². The summed E-state index contributed by atoms with van der Waals surface area (Å²) >= 11 is 0. The van der Waals surface area contributed by atoms with Crippen molar-refractivity contribution in [3.05, 3.63) is 60.9 Å². The lowest BCUT2D eigenvalue weighted by molar-refractivity contribution is 0.482. The fourth-order valence-electron chi connectivity index (χ4n) is 1.85. The first-order valence-electron chi connectivity index (χ1n) is 5.87. The van der Waals surface area contributed by atoms with Crippen LogP contribution in [-0.2, 0) is 0 Å². The molecule has 0 aliphatic heterocycles. The lowest BCUT2D eigenvalue weighted by atomic mass is 10.1. The Labute approximate surface area is 110 Å². The van der Waals surface area contributed by atoms with Crippen molar-refractivity contribution >= 4 is 22.1 Å². The van der Waals surface area contributed by atoms with Gasteiger partial charge >= 0.3 is 0 Å². The topological polar surface area (TPSA) is 57.8 Å². The Morgan fingerprint density at radius 3 is 2.63 bits per heavy atom. The molecule has 0 spiro atoms. The van der Waals surface area contributed by atoms with E-state index in [1.165, 1.54) is 0 Å². The molecule has 4 nitrogen and oxygen atoms in total. The van der Waals surface area contributed by atoms with Gasteiger partial charge in [-0.1, -0.05) is 30.3 Å². The zero-order chi connectivity index (χ0) is 13.1. The molecule has 0 radical (unpaired) electrons. The summed E-state index contributed by atoms with van der Waals surface area (Å²) < 4.78 is 0. The standard InChI is InChI=1S/C15H11N3O/c19-15-13-6-2-1-4-11(13)7-8-14(15)18-17-12-5-3-9-16-10-12/h1-10,19H. The second-order valence-corrected chi connectivity index (χ2v) is 4.07. The highest BCUT2D eigenvalue weighted by atomic mass is 16.3. The van der Waals surface area contributed by atoms with Crippen molar-refractivity contribution in [1.29, 1.82) is 0 Å². The molecule has 0 aliphatic rings. The molecular formula is C15H11N3O. The highest BCUT2D eigenvalue weighted by Gasteiger charge is 2.04. The van der Waals surface area contributed by atoms with Crippen LogP contribution in [0.25, 0.3) is 10.8 Å². The number of aromatic nitrogens is 1. The number of phenolic OH excluding ortho intramolecular Hbond substituents is 1. The molecule has 0 saturated heterocycles. The molecule has 0 bridgehead atoms. The van der Waals surface area contributed by atoms with Gasteiger partial charge in [0.2, 0.25) is 0 Å². The molecule has 3 aromatic rings. The van der Waals surface area contributed by atoms with Crippen LogP contribution < -0.4 is 0 Å². The first-order valence-corrected chi connectivity index (χ1v) is 5.87. The second kappa shape index (κ2) is 4.86. The molecule has 0 unspecified atom stereocenters. The smallest absolute Gasteiger partial charge is 0.150 e. The molecule has 0 aliphatic carbocycles. The van der Waals surface area contributed by atoms with Gasteiger partial charge in [0.05, 0.1) is 6.20 Å². The largest absolute Gasteiger partial charge is 0.505 e. The summed E-state index contributed by atoms with van der Waals surface area (Å²) in [6.45, 7) is 0. The molecule has 1 N–H and O–H groups in total. The summed E-state index contributed by atoms with van der Waals surface area (Å²) in [5.74, 6) is 0.144. The molecule has 19 heavy (non-hydrogen) atoms. The number of hydrogen-bond donors (Lipinski definition) is 1. The lowest BCUT2D eigenvalue weighted by Crippen LogP contribution is -1.74. The lowest BCUT2D eigenvalue weighted by Gasteiger charge is -2.02. The fourth-order valence-corrected chi connectivity index (χ4v) is 1.85. The maximum absolute atomic E-state index is 10.2. The SMILES string of the molecule is Oc1c(N=Nc2cccnc2)ccc2ccccc12. The van der Waals surface area contributed by atoms with Gasteiger partial charge in [-0.25, -0.2) is 0 Å². The normalized spacial score (nSPS) is 11.2. The van der Waals surface area contributed by atoms with Gasteiger partial charge in [0.25, 0.3) is 0 Å². The van der Waals surface area contributed by atoms with Crippen LogP contribution in [0, 0.1) is 0 Å². The van der Waals surface area contributed by atoms with Gasteiger partial charge in [0.1, 0.15) is 11.4 Å². The number of rotatable bonds is 2. The minimum atomic E-state index is 0.144. The van der Waals surface area contributed by atoms with Crippen molar-refractivity contribution in [2.45, 2.75) is 0 Å². The highest BCUT2D eigenvalue weighted by molar-refractivity contribution is 5.92. The summed E-state index contributed by atoms with van der Waals surface area (Å²) in [7, 11) is 0. The zero-order valence-electron chi connectivity index (χ0n) is 10.1. The third-order valence-corrected chi connectivity index (χ3v) is 2.80. The van der Waals surface area contributed by atoms with Crippen LogP contribution >= 0.6 is 0 Å². The molecule has 0 saturated carbocycles. The van der Waals surface area contributed by atoms with Crippen LogP contribution in [-0.4, -0.2) is 10.1 Å². The van der Waals surface area contributed by atoms with Crippen molar-refractivity contribution in [1.82, 2.24) is 4.98 Å². The van der Waals surface area contributed by atoms with Gasteiger partial charge in [-0.2, -0.15) is 0 Å². The molecule has 0 amide bonds. The van der Waals surface area contributed by atoms with Crippen molar-refractivity contribution in [2.24, 2.45) is 10.2 Å². The number of phenols is 1. The van der Waals surface area contributed by atoms with E-state index in [0.29, 0.717) is 11.4 Å². The van der Waals surface area contributed by atoms with E-state index in [-0.39, 0.29) is 5.75 Å². The van der Waals surface area contributed by atoms with Crippen molar-refractivity contribution < 1.29 is 5.11 Å². The van der Waals surface area contributed by atoms with Gasteiger partial charge in [-0.3, -0.25) is 4.98 Å². The van der Waals surface area contributed by atoms with E-state index < -0.39 is 0 Å². The minimum Gasteiger partial charge on any atom is -0.505 e. The molecule has 1 aromatic heterocycles. The van der Waals surface area contributed by atoms with Crippen LogP contribution in [0.5, 0.6) is 5.75 Å². The predicted octanol–water partition coefficient (Wildman–Crippen LogP) is 4.36. The maximum Gasteiger partial charge on any atom is 0.150 e. The van der Waals surface area contributed by atoms with Gasteiger partial charge < -0.3 is 5.11 Å². The summed E-state index contributed by atoms with van der Waals surface area (Å²) in [6, 6.07) is 14.8. The van der Waals surface area contributed by atoms with Crippen LogP contribution in [0.4, 0.5) is 11.4 Å². The Kier molecular flexibility index (Phi) is 2.90. The number of fused-ring (bicyclic) bond motifs is 1. The average molecular weight is 249 g/mol. The minimum absolute atomic E-state index is 0.144. The Balaban J connectivity index is 2.02. The van der Waals surface area contributed by atoms with Crippen LogP contribution in [0.1, 0.15) is 0 Å². The second-order valence-electron chi connectivity index (χ2n) is 4.07. The Morgan fingerprint density at radius 1 is 0.895 bits per heavy atom. The molecule has 3 rings (SSSR count). The zero-order valence-corrected chi connectivity index (χ0v) is 10.1. The number of hydrogen-bond acceptors (Lipinski definition) is 4. The van der Waals surface area contributed by atoms with Gasteiger partial charge in [-0.05, 0) is 23.6 Å². The van der Waals surface area contributed by atoms with E-state index in [2.05, 4.69) is 15.2 Å². The third-order valence-electron chi connectivity index (χ3n) is 2.80. The van der Waals surface area contributed by atoms with Crippen molar-refractivity contribution in [3.8, 4) is 5.75 Å². The molecule has 4 heteroatoms. The van der Waals surface area contributed by atoms with E-state index in [4.69, 9.17) is 0 Å². The first kappa shape index (κ1) is 11.3. The first-order chi connectivity index (χ1) is 9.34. The number of aromatic hydroxyl groups is 1. The van der Waals surface area contributed by atoms with E-state index in [0.717, 1.165) is 10.8 Å². The predicted molar refractivity (Wildman–Crippen MR) is 74.0 cm³/mol. The van der Waals surface area contributed by atoms with Crippen molar-refractivity contribution in [2.75, 3.05) is 0 Å². The number of pyridine rings is 1. The fraction of sp³-hybridized carbons (Fsp3) is 0. The number of benzene rings is 2. The number of nitrogens with zero attached hydrogens (tertiary/aromatic N) is 3. The number of azo groups is 1. The van der Waals surface area contributed by atoms with Gasteiger partial charge in [0, 0.05) is 11.6 Å². The van der Waals surface area contributed by atoms with Gasteiger partial charge in [-0.15, -0.1) is 10.2 Å². The van der Waals surface area contributed by atoms with Crippen LogP contribution in [0.15, 0.2) is 71.2 Å². The Morgan fingerprint density at radius 2 is 1.79 bits per heavy atom. The molecule has 1 heterocycles. The molecule has 0 fully saturated rings. The van der Waals surface area contributed by atoms with E-state index in [1.54, 1.807) is 30.6 Å². The molecule has 0 atom stereocenters. The van der Waals surface area contributed by atoms with E-state index in [1.807, 2.05) is 30.3 Å². The third kappa shape index (κ3) is 2.28. The van der Waals surface area contributed by atoms with E-state index >= 15 is 0 Å². The monoisotopic (exact) mass is 249 g/mol. The Bertz CT molecular complexity index is 739. The average Bonchev–Trinajstić information content (AvgIpc) is 2.48. The molecular weight excluding hydrogens is 238 g/mol. The molecule has 2 aromatic carbocycles. The maximum atomic E-state index is 10.2. The van der Waals surface area contributed by atoms with Crippen LogP contribution in [0.2, 0.25) is 0 Å². The molecule has 92 valence electrons. The van der Waals surface area contributed by atoms with Crippen LogP contribution in [0.3, 0.4) is 0 Å². The van der Waals surface area contributed by atoms with Crippen molar-refractivity contribution in [3.63, 3.8) is 0 Å². The summed E-state index contributed by atoms with van der Waals surface area (Å²) in [5.41, 5.74) is 1.10. The highest BCUT2D eigenvalue weighted by Crippen LogP contribution is 2.35. The summed E-state index contributed by atoms with van der Waals surface area (Å²) in [6.07, 6.45) is 3.29. The summed E-state index contributed by atoms with van der Waals surface area (Å²) in [5, 5.41) is 20.0. The quantitative estimate of drug-likeness (QED) is 0.686.